The highest BCUT2D eigenvalue weighted by atomic mass is 35.5. The van der Waals surface area contributed by atoms with Gasteiger partial charge in [0.15, 0.2) is 0 Å². The summed E-state index contributed by atoms with van der Waals surface area (Å²) in [6.45, 7) is 0.540. The van der Waals surface area contributed by atoms with Crippen molar-refractivity contribution in [3.63, 3.8) is 0 Å². The van der Waals surface area contributed by atoms with Crippen LogP contribution in [0.25, 0.3) is 0 Å². The van der Waals surface area contributed by atoms with Crippen molar-refractivity contribution >= 4 is 29.9 Å². The maximum Gasteiger partial charge on any atom is 0.251 e. The average Bonchev–Trinajstić information content (AvgIpc) is 2.37. The van der Waals surface area contributed by atoms with Gasteiger partial charge in [0, 0.05) is 22.7 Å². The molecule has 0 spiro atoms. The van der Waals surface area contributed by atoms with Gasteiger partial charge in [-0.15, -0.1) is 12.4 Å². The standard InChI is InChI=1S/C14H19ClN2O.ClH/c15-12-6-4-5-11(9-12)13(18)17-10-14(16)7-2-1-3-8-14;/h4-6,9H,1-3,7-8,10,16H2,(H,17,18);1H. The smallest absolute Gasteiger partial charge is 0.251 e. The van der Waals surface area contributed by atoms with Crippen molar-refractivity contribution in [2.24, 2.45) is 5.73 Å². The normalized spacial score (nSPS) is 17.4. The van der Waals surface area contributed by atoms with Crippen molar-refractivity contribution in [3.05, 3.63) is 34.9 Å². The van der Waals surface area contributed by atoms with Gasteiger partial charge in [0.1, 0.15) is 0 Å². The lowest BCUT2D eigenvalue weighted by Crippen LogP contribution is -2.51. The Hall–Kier alpha value is -0.770. The fourth-order valence-corrected chi connectivity index (χ4v) is 2.61. The Morgan fingerprint density at radius 2 is 2.00 bits per heavy atom. The summed E-state index contributed by atoms with van der Waals surface area (Å²) in [4.78, 5) is 12.0. The Morgan fingerprint density at radius 1 is 1.32 bits per heavy atom. The molecule has 0 bridgehead atoms. The van der Waals surface area contributed by atoms with Gasteiger partial charge in [0.2, 0.25) is 0 Å². The lowest BCUT2D eigenvalue weighted by atomic mass is 9.82. The van der Waals surface area contributed by atoms with Crippen molar-refractivity contribution in [1.82, 2.24) is 5.32 Å². The number of rotatable bonds is 3. The number of carbonyl (C=O) groups is 1. The summed E-state index contributed by atoms with van der Waals surface area (Å²) in [6.07, 6.45) is 5.54. The SMILES string of the molecule is Cl.NC1(CNC(=O)c2cccc(Cl)c2)CCCCC1. The fraction of sp³-hybridized carbons (Fsp3) is 0.500. The number of amides is 1. The Kier molecular flexibility index (Phi) is 6.11. The van der Waals surface area contributed by atoms with E-state index in [4.69, 9.17) is 17.3 Å². The number of hydrogen-bond acceptors (Lipinski definition) is 2. The van der Waals surface area contributed by atoms with E-state index in [-0.39, 0.29) is 23.9 Å². The van der Waals surface area contributed by atoms with Crippen LogP contribution in [0.3, 0.4) is 0 Å². The molecule has 2 rings (SSSR count). The molecule has 1 aliphatic carbocycles. The maximum atomic E-state index is 12.0. The van der Waals surface area contributed by atoms with Crippen LogP contribution in [0.1, 0.15) is 42.5 Å². The average molecular weight is 303 g/mol. The zero-order valence-electron chi connectivity index (χ0n) is 10.8. The molecule has 0 atom stereocenters. The number of halogens is 2. The van der Waals surface area contributed by atoms with E-state index < -0.39 is 0 Å². The highest BCUT2D eigenvalue weighted by molar-refractivity contribution is 6.30. The number of carbonyl (C=O) groups excluding carboxylic acids is 1. The first-order valence-electron chi connectivity index (χ1n) is 6.42. The van der Waals surface area contributed by atoms with Gasteiger partial charge in [-0.3, -0.25) is 4.79 Å². The molecule has 1 fully saturated rings. The van der Waals surface area contributed by atoms with Crippen LogP contribution in [0.2, 0.25) is 5.02 Å². The molecule has 3 N–H and O–H groups in total. The van der Waals surface area contributed by atoms with Gasteiger partial charge in [0.05, 0.1) is 0 Å². The maximum absolute atomic E-state index is 12.0. The molecule has 5 heteroatoms. The summed E-state index contributed by atoms with van der Waals surface area (Å²) in [5, 5.41) is 3.49. The Bertz CT molecular complexity index is 431. The van der Waals surface area contributed by atoms with Gasteiger partial charge in [0.25, 0.3) is 5.91 Å². The minimum atomic E-state index is -0.230. The lowest BCUT2D eigenvalue weighted by Gasteiger charge is -2.33. The quantitative estimate of drug-likeness (QED) is 0.901. The zero-order valence-corrected chi connectivity index (χ0v) is 12.4. The van der Waals surface area contributed by atoms with Gasteiger partial charge in [-0.2, -0.15) is 0 Å². The minimum absolute atomic E-state index is 0. The fourth-order valence-electron chi connectivity index (χ4n) is 2.42. The van der Waals surface area contributed by atoms with Gasteiger partial charge in [-0.05, 0) is 31.0 Å². The Morgan fingerprint density at radius 3 is 2.63 bits per heavy atom. The second-order valence-corrected chi connectivity index (χ2v) is 5.55. The molecule has 1 amide bonds. The predicted molar refractivity (Wildman–Crippen MR) is 81.0 cm³/mol. The second kappa shape index (κ2) is 7.13. The number of nitrogens with two attached hydrogens (primary N) is 1. The molecule has 1 aliphatic rings. The van der Waals surface area contributed by atoms with Crippen molar-refractivity contribution in [2.75, 3.05) is 6.54 Å². The van der Waals surface area contributed by atoms with E-state index in [1.165, 1.54) is 6.42 Å². The monoisotopic (exact) mass is 302 g/mol. The number of benzene rings is 1. The van der Waals surface area contributed by atoms with Crippen LogP contribution in [0, 0.1) is 0 Å². The van der Waals surface area contributed by atoms with E-state index >= 15 is 0 Å². The number of nitrogens with one attached hydrogen (secondary N) is 1. The summed E-state index contributed by atoms with van der Waals surface area (Å²) in [5.41, 5.74) is 6.63. The molecule has 3 nitrogen and oxygen atoms in total. The van der Waals surface area contributed by atoms with Gasteiger partial charge >= 0.3 is 0 Å². The van der Waals surface area contributed by atoms with Crippen LogP contribution in [0.15, 0.2) is 24.3 Å². The van der Waals surface area contributed by atoms with E-state index in [0.29, 0.717) is 17.1 Å². The molecule has 106 valence electrons. The molecular formula is C14H20Cl2N2O. The van der Waals surface area contributed by atoms with Crippen LogP contribution in [-0.2, 0) is 0 Å². The first-order chi connectivity index (χ1) is 8.59. The summed E-state index contributed by atoms with van der Waals surface area (Å²) in [5.74, 6) is -0.104. The first kappa shape index (κ1) is 16.3. The molecule has 0 heterocycles. The van der Waals surface area contributed by atoms with Crippen molar-refractivity contribution in [2.45, 2.75) is 37.6 Å². The van der Waals surface area contributed by atoms with Gasteiger partial charge in [-0.1, -0.05) is 36.9 Å². The van der Waals surface area contributed by atoms with Crippen LogP contribution < -0.4 is 11.1 Å². The molecule has 0 aliphatic heterocycles. The van der Waals surface area contributed by atoms with E-state index in [1.54, 1.807) is 24.3 Å². The van der Waals surface area contributed by atoms with Crippen LogP contribution in [0.5, 0.6) is 0 Å². The largest absolute Gasteiger partial charge is 0.350 e. The molecular weight excluding hydrogens is 283 g/mol. The first-order valence-corrected chi connectivity index (χ1v) is 6.80. The molecule has 0 saturated heterocycles. The van der Waals surface area contributed by atoms with E-state index in [2.05, 4.69) is 5.32 Å². The van der Waals surface area contributed by atoms with Gasteiger partial charge in [-0.25, -0.2) is 0 Å². The predicted octanol–water partition coefficient (Wildman–Crippen LogP) is 3.15. The molecule has 0 unspecified atom stereocenters. The number of hydrogen-bond donors (Lipinski definition) is 2. The third-order valence-corrected chi connectivity index (χ3v) is 3.77. The van der Waals surface area contributed by atoms with E-state index in [1.807, 2.05) is 0 Å². The third kappa shape index (κ3) is 4.68. The van der Waals surface area contributed by atoms with E-state index in [0.717, 1.165) is 25.7 Å². The molecule has 1 aromatic rings. The zero-order chi connectivity index (χ0) is 13.0. The molecule has 0 radical (unpaired) electrons. The van der Waals surface area contributed by atoms with E-state index in [9.17, 15) is 4.79 Å². The minimum Gasteiger partial charge on any atom is -0.350 e. The molecule has 19 heavy (non-hydrogen) atoms. The third-order valence-electron chi connectivity index (χ3n) is 3.54. The summed E-state index contributed by atoms with van der Waals surface area (Å²) in [6, 6.07) is 6.95. The van der Waals surface area contributed by atoms with Crippen LogP contribution in [0.4, 0.5) is 0 Å². The van der Waals surface area contributed by atoms with Gasteiger partial charge < -0.3 is 11.1 Å². The Labute approximate surface area is 125 Å². The molecule has 1 aromatic carbocycles. The van der Waals surface area contributed by atoms with Crippen molar-refractivity contribution < 1.29 is 4.79 Å². The highest BCUT2D eigenvalue weighted by Gasteiger charge is 2.27. The topological polar surface area (TPSA) is 55.1 Å². The second-order valence-electron chi connectivity index (χ2n) is 5.12. The van der Waals surface area contributed by atoms with Crippen molar-refractivity contribution in [1.29, 1.82) is 0 Å². The Balaban J connectivity index is 0.00000180. The molecule has 1 saturated carbocycles. The molecule has 0 aromatic heterocycles. The summed E-state index contributed by atoms with van der Waals surface area (Å²) in [7, 11) is 0. The summed E-state index contributed by atoms with van der Waals surface area (Å²) >= 11 is 5.86. The highest BCUT2D eigenvalue weighted by Crippen LogP contribution is 2.25. The van der Waals surface area contributed by atoms with Crippen LogP contribution >= 0.6 is 24.0 Å². The summed E-state index contributed by atoms with van der Waals surface area (Å²) < 4.78 is 0. The van der Waals surface area contributed by atoms with Crippen molar-refractivity contribution in [3.8, 4) is 0 Å². The van der Waals surface area contributed by atoms with Crippen LogP contribution in [-0.4, -0.2) is 18.0 Å². The lowest BCUT2D eigenvalue weighted by molar-refractivity contribution is 0.0937.